The maximum atomic E-state index is 12.5. The van der Waals surface area contributed by atoms with Crippen LogP contribution >= 0.6 is 11.8 Å². The number of likely N-dealkylation sites (tertiary alicyclic amines) is 1. The Morgan fingerprint density at radius 1 is 1.35 bits per heavy atom. The lowest BCUT2D eigenvalue weighted by Gasteiger charge is -2.35. The molecule has 1 saturated heterocycles. The van der Waals surface area contributed by atoms with Crippen LogP contribution in [0, 0.1) is 11.3 Å². The van der Waals surface area contributed by atoms with Crippen molar-refractivity contribution in [3.05, 3.63) is 18.3 Å². The van der Waals surface area contributed by atoms with Crippen molar-refractivity contribution < 1.29 is 9.59 Å². The van der Waals surface area contributed by atoms with Crippen LogP contribution in [0.5, 0.6) is 0 Å². The van der Waals surface area contributed by atoms with E-state index in [1.807, 2.05) is 44.1 Å². The first-order valence-electron chi connectivity index (χ1n) is 7.91. The number of pyridine rings is 1. The first-order valence-corrected chi connectivity index (χ1v) is 9.14. The molecule has 5 nitrogen and oxygen atoms in total. The molecule has 1 aromatic rings. The molecule has 0 unspecified atom stereocenters. The van der Waals surface area contributed by atoms with E-state index in [1.165, 1.54) is 0 Å². The molecule has 1 aliphatic rings. The lowest BCUT2D eigenvalue weighted by atomic mass is 9.91. The Balaban J connectivity index is 1.97. The fourth-order valence-corrected chi connectivity index (χ4v) is 3.03. The van der Waals surface area contributed by atoms with Crippen LogP contribution in [-0.2, 0) is 9.59 Å². The van der Waals surface area contributed by atoms with E-state index in [4.69, 9.17) is 0 Å². The number of carbonyl (C=O) groups is 2. The van der Waals surface area contributed by atoms with Gasteiger partial charge in [0.2, 0.25) is 11.8 Å². The highest BCUT2D eigenvalue weighted by Gasteiger charge is 2.33. The van der Waals surface area contributed by atoms with Gasteiger partial charge in [0.15, 0.2) is 0 Å². The molecule has 6 heteroatoms. The minimum atomic E-state index is -0.407. The van der Waals surface area contributed by atoms with Gasteiger partial charge in [-0.15, -0.1) is 11.8 Å². The second-order valence-corrected chi connectivity index (χ2v) is 7.75. The molecule has 1 aromatic heterocycles. The third kappa shape index (κ3) is 4.70. The maximum Gasteiger partial charge on any atom is 0.229 e. The Morgan fingerprint density at radius 3 is 2.65 bits per heavy atom. The first kappa shape index (κ1) is 17.8. The molecular formula is C17H25N3O2S. The highest BCUT2D eigenvalue weighted by molar-refractivity contribution is 7.98. The summed E-state index contributed by atoms with van der Waals surface area (Å²) in [7, 11) is 0. The molecular weight excluding hydrogens is 310 g/mol. The molecule has 1 aliphatic heterocycles. The summed E-state index contributed by atoms with van der Waals surface area (Å²) in [5.74, 6) is -0.0774. The number of aromatic nitrogens is 1. The molecule has 0 bridgehead atoms. The van der Waals surface area contributed by atoms with Crippen LogP contribution < -0.4 is 5.32 Å². The predicted octanol–water partition coefficient (Wildman–Crippen LogP) is 3.03. The summed E-state index contributed by atoms with van der Waals surface area (Å²) >= 11 is 1.56. The lowest BCUT2D eigenvalue weighted by Crippen LogP contribution is -2.47. The summed E-state index contributed by atoms with van der Waals surface area (Å²) < 4.78 is 0. The quantitative estimate of drug-likeness (QED) is 0.863. The number of anilines is 1. The summed E-state index contributed by atoms with van der Waals surface area (Å²) in [6, 6.07) is 3.74. The van der Waals surface area contributed by atoms with Crippen molar-refractivity contribution in [2.24, 2.45) is 11.3 Å². The second-order valence-electron chi connectivity index (χ2n) is 6.92. The topological polar surface area (TPSA) is 62.3 Å². The van der Waals surface area contributed by atoms with E-state index in [2.05, 4.69) is 10.3 Å². The zero-order chi connectivity index (χ0) is 17.0. The Bertz CT molecular complexity index is 566. The molecule has 23 heavy (non-hydrogen) atoms. The molecule has 0 spiro atoms. The van der Waals surface area contributed by atoms with Crippen LogP contribution in [0.2, 0.25) is 0 Å². The Hall–Kier alpha value is -1.56. The minimum Gasteiger partial charge on any atom is -0.341 e. The largest absolute Gasteiger partial charge is 0.341 e. The summed E-state index contributed by atoms with van der Waals surface area (Å²) in [5.41, 5.74) is 0.294. The van der Waals surface area contributed by atoms with Crippen molar-refractivity contribution in [1.82, 2.24) is 9.88 Å². The number of carbonyl (C=O) groups excluding carboxylic acids is 2. The summed E-state index contributed by atoms with van der Waals surface area (Å²) in [6.07, 6.45) is 5.31. The average Bonchev–Trinajstić information content (AvgIpc) is 2.54. The van der Waals surface area contributed by atoms with Gasteiger partial charge in [0, 0.05) is 18.5 Å². The van der Waals surface area contributed by atoms with Crippen LogP contribution in [0.15, 0.2) is 23.4 Å². The van der Waals surface area contributed by atoms with E-state index in [0.29, 0.717) is 12.2 Å². The highest BCUT2D eigenvalue weighted by Crippen LogP contribution is 2.24. The van der Waals surface area contributed by atoms with Crippen molar-refractivity contribution in [3.8, 4) is 0 Å². The van der Waals surface area contributed by atoms with Crippen LogP contribution in [0.1, 0.15) is 33.6 Å². The van der Waals surface area contributed by atoms with E-state index in [0.717, 1.165) is 24.4 Å². The monoisotopic (exact) mass is 335 g/mol. The first-order chi connectivity index (χ1) is 10.8. The number of nitrogens with zero attached hydrogens (tertiary/aromatic N) is 2. The Morgan fingerprint density at radius 2 is 2.09 bits per heavy atom. The molecule has 0 radical (unpaired) electrons. The minimum absolute atomic E-state index is 0.0323. The molecule has 1 N–H and O–H groups in total. The van der Waals surface area contributed by atoms with Gasteiger partial charge in [-0.1, -0.05) is 20.8 Å². The van der Waals surface area contributed by atoms with E-state index in [-0.39, 0.29) is 17.7 Å². The normalized spacial score (nSPS) is 18.6. The van der Waals surface area contributed by atoms with Crippen LogP contribution in [0.4, 0.5) is 5.69 Å². The smallest absolute Gasteiger partial charge is 0.229 e. The third-order valence-corrected chi connectivity index (χ3v) is 4.59. The van der Waals surface area contributed by atoms with Gasteiger partial charge >= 0.3 is 0 Å². The van der Waals surface area contributed by atoms with Gasteiger partial charge in [-0.3, -0.25) is 9.59 Å². The molecule has 126 valence electrons. The third-order valence-electron chi connectivity index (χ3n) is 3.93. The van der Waals surface area contributed by atoms with E-state index >= 15 is 0 Å². The zero-order valence-corrected chi connectivity index (χ0v) is 15.1. The maximum absolute atomic E-state index is 12.5. The number of thioether (sulfide) groups is 1. The number of nitrogens with one attached hydrogen (secondary N) is 1. The Labute approximate surface area is 142 Å². The number of piperidine rings is 1. The van der Waals surface area contributed by atoms with Gasteiger partial charge in [0.25, 0.3) is 0 Å². The molecule has 0 aliphatic carbocycles. The van der Waals surface area contributed by atoms with Gasteiger partial charge in [-0.2, -0.15) is 0 Å². The van der Waals surface area contributed by atoms with Crippen molar-refractivity contribution in [2.45, 2.75) is 38.6 Å². The summed E-state index contributed by atoms with van der Waals surface area (Å²) in [5, 5.41) is 3.83. The van der Waals surface area contributed by atoms with E-state index in [9.17, 15) is 9.59 Å². The SMILES string of the molecule is CSc1ccc(NC(=O)[C@@H]2CCCN(C(=O)C(C)(C)C)C2)cn1. The fourth-order valence-electron chi connectivity index (χ4n) is 2.67. The van der Waals surface area contributed by atoms with E-state index < -0.39 is 5.41 Å². The van der Waals surface area contributed by atoms with Crippen LogP contribution in [-0.4, -0.2) is 41.0 Å². The van der Waals surface area contributed by atoms with E-state index in [1.54, 1.807) is 18.0 Å². The van der Waals surface area contributed by atoms with Crippen molar-refractivity contribution in [3.63, 3.8) is 0 Å². The lowest BCUT2D eigenvalue weighted by molar-refractivity contribution is -0.142. The van der Waals surface area contributed by atoms with Crippen LogP contribution in [0.3, 0.4) is 0 Å². The van der Waals surface area contributed by atoms with Gasteiger partial charge in [0.1, 0.15) is 0 Å². The number of hydrogen-bond donors (Lipinski definition) is 1. The number of amides is 2. The van der Waals surface area contributed by atoms with Gasteiger partial charge in [-0.25, -0.2) is 4.98 Å². The van der Waals surface area contributed by atoms with Crippen molar-refractivity contribution in [1.29, 1.82) is 0 Å². The summed E-state index contributed by atoms with van der Waals surface area (Å²) in [6.45, 7) is 6.98. The molecule has 1 atom stereocenters. The van der Waals surface area contributed by atoms with Crippen molar-refractivity contribution >= 4 is 29.3 Å². The Kier molecular flexibility index (Phi) is 5.68. The molecule has 1 fully saturated rings. The molecule has 2 rings (SSSR count). The molecule has 2 amide bonds. The summed E-state index contributed by atoms with van der Waals surface area (Å²) in [4.78, 5) is 30.9. The molecule has 2 heterocycles. The molecule has 0 saturated carbocycles. The zero-order valence-electron chi connectivity index (χ0n) is 14.3. The second kappa shape index (κ2) is 7.34. The van der Waals surface area contributed by atoms with Crippen LogP contribution in [0.25, 0.3) is 0 Å². The van der Waals surface area contributed by atoms with Gasteiger partial charge < -0.3 is 10.2 Å². The van der Waals surface area contributed by atoms with Gasteiger partial charge in [0.05, 0.1) is 22.8 Å². The fraction of sp³-hybridized carbons (Fsp3) is 0.588. The highest BCUT2D eigenvalue weighted by atomic mass is 32.2. The van der Waals surface area contributed by atoms with Crippen molar-refractivity contribution in [2.75, 3.05) is 24.7 Å². The average molecular weight is 335 g/mol. The number of hydrogen-bond acceptors (Lipinski definition) is 4. The standard InChI is InChI=1S/C17H25N3O2S/c1-17(2,3)16(22)20-9-5-6-12(11-20)15(21)19-13-7-8-14(23-4)18-10-13/h7-8,10,12H,5-6,9,11H2,1-4H3,(H,19,21)/t12-/m1/s1. The van der Waals surface area contributed by atoms with Gasteiger partial charge in [-0.05, 0) is 31.2 Å². The number of rotatable bonds is 3. The predicted molar refractivity (Wildman–Crippen MR) is 93.4 cm³/mol. The molecule has 0 aromatic carbocycles.